The summed E-state index contributed by atoms with van der Waals surface area (Å²) in [6.07, 6.45) is 0. The van der Waals surface area contributed by atoms with Gasteiger partial charge in [-0.05, 0) is 37.6 Å². The third kappa shape index (κ3) is 2.22. The van der Waals surface area contributed by atoms with Gasteiger partial charge in [0, 0.05) is 12.2 Å². The van der Waals surface area contributed by atoms with Gasteiger partial charge in [-0.25, -0.2) is 4.39 Å². The maximum absolute atomic E-state index is 12.7. The fraction of sp³-hybridized carbons (Fsp3) is 0.333. The Morgan fingerprint density at radius 2 is 2.09 bits per heavy atom. The van der Waals surface area contributed by atoms with E-state index in [0.29, 0.717) is 0 Å². The number of nitrogens with one attached hydrogen (secondary N) is 1. The molecule has 0 fully saturated rings. The van der Waals surface area contributed by atoms with Gasteiger partial charge in [-0.15, -0.1) is 0 Å². The number of rotatable bonds is 2. The minimum Gasteiger partial charge on any atom is -0.385 e. The van der Waals surface area contributed by atoms with E-state index in [-0.39, 0.29) is 5.82 Å². The van der Waals surface area contributed by atoms with Crippen molar-refractivity contribution in [1.29, 1.82) is 0 Å². The Hall–Kier alpha value is -1.05. The molecule has 2 heteroatoms. The van der Waals surface area contributed by atoms with Gasteiger partial charge in [0.1, 0.15) is 5.82 Å². The van der Waals surface area contributed by atoms with E-state index in [0.717, 1.165) is 17.8 Å². The highest BCUT2D eigenvalue weighted by Gasteiger charge is 1.94. The summed E-state index contributed by atoms with van der Waals surface area (Å²) >= 11 is 0. The molecule has 1 rings (SSSR count). The zero-order chi connectivity index (χ0) is 8.27. The van der Waals surface area contributed by atoms with E-state index < -0.39 is 0 Å². The zero-order valence-corrected chi connectivity index (χ0v) is 6.82. The molecule has 0 unspecified atom stereocenters. The van der Waals surface area contributed by atoms with Gasteiger partial charge in [0.05, 0.1) is 0 Å². The normalized spacial score (nSPS) is 9.73. The molecule has 0 spiro atoms. The molecule has 1 nitrogen and oxygen atoms in total. The molecule has 0 aliphatic carbocycles. The molecule has 60 valence electrons. The average Bonchev–Trinajstić information content (AvgIpc) is 1.85. The van der Waals surface area contributed by atoms with E-state index in [1.807, 2.05) is 19.9 Å². The monoisotopic (exact) mass is 153 g/mol. The number of hydrogen-bond acceptors (Lipinski definition) is 1. The summed E-state index contributed by atoms with van der Waals surface area (Å²) in [4.78, 5) is 0. The molecule has 1 aromatic carbocycles. The first-order chi connectivity index (χ1) is 5.22. The van der Waals surface area contributed by atoms with Crippen LogP contribution in [-0.4, -0.2) is 6.54 Å². The summed E-state index contributed by atoms with van der Waals surface area (Å²) in [5.41, 5.74) is 1.80. The van der Waals surface area contributed by atoms with E-state index >= 15 is 0 Å². The third-order valence-corrected chi connectivity index (χ3v) is 1.42. The molecule has 0 aromatic heterocycles. The number of halogens is 1. The van der Waals surface area contributed by atoms with Crippen LogP contribution in [0.4, 0.5) is 10.1 Å². The number of aryl methyl sites for hydroxylation is 1. The van der Waals surface area contributed by atoms with Crippen molar-refractivity contribution >= 4 is 5.69 Å². The van der Waals surface area contributed by atoms with Crippen molar-refractivity contribution in [3.63, 3.8) is 0 Å². The van der Waals surface area contributed by atoms with Gasteiger partial charge in [-0.3, -0.25) is 0 Å². The Morgan fingerprint density at radius 3 is 2.64 bits per heavy atom. The Morgan fingerprint density at radius 1 is 1.36 bits per heavy atom. The molecule has 0 heterocycles. The predicted octanol–water partition coefficient (Wildman–Crippen LogP) is 2.57. The molecular weight excluding hydrogens is 141 g/mol. The van der Waals surface area contributed by atoms with Crippen LogP contribution in [0.15, 0.2) is 18.2 Å². The summed E-state index contributed by atoms with van der Waals surface area (Å²) in [5, 5.41) is 3.05. The summed E-state index contributed by atoms with van der Waals surface area (Å²) < 4.78 is 12.7. The summed E-state index contributed by atoms with van der Waals surface area (Å²) in [5.74, 6) is -0.180. The molecule has 0 saturated carbocycles. The van der Waals surface area contributed by atoms with Crippen molar-refractivity contribution in [1.82, 2.24) is 0 Å². The largest absolute Gasteiger partial charge is 0.385 e. The Bertz CT molecular complexity index is 225. The molecule has 0 saturated heterocycles. The second kappa shape index (κ2) is 3.37. The lowest BCUT2D eigenvalue weighted by molar-refractivity contribution is 0.627. The van der Waals surface area contributed by atoms with Crippen LogP contribution >= 0.6 is 0 Å². The second-order valence-electron chi connectivity index (χ2n) is 2.55. The Labute approximate surface area is 66.2 Å². The molecule has 11 heavy (non-hydrogen) atoms. The SMILES string of the molecule is CCNc1cc(C)cc(F)c1. The first kappa shape index (κ1) is 8.05. The van der Waals surface area contributed by atoms with Gasteiger partial charge in [0.25, 0.3) is 0 Å². The molecule has 0 radical (unpaired) electrons. The van der Waals surface area contributed by atoms with Gasteiger partial charge >= 0.3 is 0 Å². The van der Waals surface area contributed by atoms with Crippen molar-refractivity contribution in [2.75, 3.05) is 11.9 Å². The molecule has 0 aliphatic rings. The lowest BCUT2D eigenvalue weighted by Gasteiger charge is -2.03. The van der Waals surface area contributed by atoms with Gasteiger partial charge in [-0.2, -0.15) is 0 Å². The molecule has 0 amide bonds. The van der Waals surface area contributed by atoms with Crippen LogP contribution < -0.4 is 5.32 Å². The minimum atomic E-state index is -0.180. The summed E-state index contributed by atoms with van der Waals surface area (Å²) in [7, 11) is 0. The van der Waals surface area contributed by atoms with Crippen molar-refractivity contribution in [2.24, 2.45) is 0 Å². The van der Waals surface area contributed by atoms with E-state index in [4.69, 9.17) is 0 Å². The standard InChI is InChI=1S/C9H12FN/c1-3-11-9-5-7(2)4-8(10)6-9/h4-6,11H,3H2,1-2H3. The third-order valence-electron chi connectivity index (χ3n) is 1.42. The molecular formula is C9H12FN. The second-order valence-corrected chi connectivity index (χ2v) is 2.55. The Balaban J connectivity index is 2.89. The van der Waals surface area contributed by atoms with Crippen LogP contribution in [0.1, 0.15) is 12.5 Å². The van der Waals surface area contributed by atoms with Crippen LogP contribution in [0.3, 0.4) is 0 Å². The average molecular weight is 153 g/mol. The lowest BCUT2D eigenvalue weighted by atomic mass is 10.2. The highest BCUT2D eigenvalue weighted by Crippen LogP contribution is 2.12. The maximum Gasteiger partial charge on any atom is 0.125 e. The van der Waals surface area contributed by atoms with Crippen molar-refractivity contribution in [2.45, 2.75) is 13.8 Å². The fourth-order valence-corrected chi connectivity index (χ4v) is 1.04. The summed E-state index contributed by atoms with van der Waals surface area (Å²) in [6.45, 7) is 4.69. The zero-order valence-electron chi connectivity index (χ0n) is 6.82. The first-order valence-corrected chi connectivity index (χ1v) is 3.73. The Kier molecular flexibility index (Phi) is 2.47. The van der Waals surface area contributed by atoms with Gasteiger partial charge in [-0.1, -0.05) is 0 Å². The van der Waals surface area contributed by atoms with Crippen LogP contribution in [0, 0.1) is 12.7 Å². The summed E-state index contributed by atoms with van der Waals surface area (Å²) in [6, 6.07) is 4.93. The maximum atomic E-state index is 12.7. The predicted molar refractivity (Wildman–Crippen MR) is 45.3 cm³/mol. The molecule has 0 aliphatic heterocycles. The lowest BCUT2D eigenvalue weighted by Crippen LogP contribution is -1.96. The highest BCUT2D eigenvalue weighted by atomic mass is 19.1. The van der Waals surface area contributed by atoms with Crippen molar-refractivity contribution in [3.05, 3.63) is 29.6 Å². The molecule has 0 atom stereocenters. The van der Waals surface area contributed by atoms with Crippen LogP contribution in [0.5, 0.6) is 0 Å². The highest BCUT2D eigenvalue weighted by molar-refractivity contribution is 5.45. The van der Waals surface area contributed by atoms with E-state index in [9.17, 15) is 4.39 Å². The van der Waals surface area contributed by atoms with E-state index in [2.05, 4.69) is 5.32 Å². The molecule has 0 bridgehead atoms. The molecule has 1 N–H and O–H groups in total. The fourth-order valence-electron chi connectivity index (χ4n) is 1.04. The first-order valence-electron chi connectivity index (χ1n) is 3.73. The van der Waals surface area contributed by atoms with Gasteiger partial charge in [0.15, 0.2) is 0 Å². The van der Waals surface area contributed by atoms with Crippen molar-refractivity contribution < 1.29 is 4.39 Å². The van der Waals surface area contributed by atoms with Gasteiger partial charge in [0.2, 0.25) is 0 Å². The quantitative estimate of drug-likeness (QED) is 0.688. The van der Waals surface area contributed by atoms with Crippen molar-refractivity contribution in [3.8, 4) is 0 Å². The van der Waals surface area contributed by atoms with Crippen LogP contribution in [-0.2, 0) is 0 Å². The number of anilines is 1. The number of hydrogen-bond donors (Lipinski definition) is 1. The van der Waals surface area contributed by atoms with E-state index in [1.54, 1.807) is 0 Å². The van der Waals surface area contributed by atoms with Crippen LogP contribution in [0.2, 0.25) is 0 Å². The topological polar surface area (TPSA) is 12.0 Å². The van der Waals surface area contributed by atoms with Crippen LogP contribution in [0.25, 0.3) is 0 Å². The van der Waals surface area contributed by atoms with Gasteiger partial charge < -0.3 is 5.32 Å². The minimum absolute atomic E-state index is 0.180. The number of benzene rings is 1. The molecule has 1 aromatic rings. The smallest absolute Gasteiger partial charge is 0.125 e. The van der Waals surface area contributed by atoms with E-state index in [1.165, 1.54) is 12.1 Å².